The van der Waals surface area contributed by atoms with Crippen LogP contribution in [0.25, 0.3) is 5.70 Å². The van der Waals surface area contributed by atoms with Crippen molar-refractivity contribution in [2.45, 2.75) is 26.0 Å². The van der Waals surface area contributed by atoms with E-state index in [1.807, 2.05) is 30.6 Å². The summed E-state index contributed by atoms with van der Waals surface area (Å²) >= 11 is 0. The SMILES string of the molecule is COC(Nc1ccc(C)c(NC2N=CC=C(c3cccnc3)N2)c1)c1ccc(CN2CCN(C)CC2)cc1. The summed E-state index contributed by atoms with van der Waals surface area (Å²) in [5.41, 5.74) is 7.52. The zero-order valence-corrected chi connectivity index (χ0v) is 22.4. The third-order valence-electron chi connectivity index (χ3n) is 7.09. The van der Waals surface area contributed by atoms with Crippen molar-refractivity contribution < 1.29 is 4.74 Å². The zero-order valence-electron chi connectivity index (χ0n) is 22.4. The van der Waals surface area contributed by atoms with E-state index in [-0.39, 0.29) is 12.5 Å². The molecule has 2 atom stereocenters. The Morgan fingerprint density at radius 1 is 1.08 bits per heavy atom. The molecule has 0 aliphatic carbocycles. The van der Waals surface area contributed by atoms with Crippen LogP contribution in [0.5, 0.6) is 0 Å². The molecule has 38 heavy (non-hydrogen) atoms. The maximum Gasteiger partial charge on any atom is 0.194 e. The number of nitrogens with zero attached hydrogens (tertiary/aromatic N) is 4. The van der Waals surface area contributed by atoms with Crippen LogP contribution in [-0.2, 0) is 11.3 Å². The predicted molar refractivity (Wildman–Crippen MR) is 155 cm³/mol. The Morgan fingerprint density at radius 2 is 1.89 bits per heavy atom. The second-order valence-corrected chi connectivity index (χ2v) is 9.92. The van der Waals surface area contributed by atoms with Gasteiger partial charge >= 0.3 is 0 Å². The van der Waals surface area contributed by atoms with E-state index in [1.165, 1.54) is 5.56 Å². The molecule has 2 unspecified atom stereocenters. The third-order valence-corrected chi connectivity index (χ3v) is 7.09. The Balaban J connectivity index is 1.21. The van der Waals surface area contributed by atoms with Crippen LogP contribution in [0, 0.1) is 6.92 Å². The standard InChI is InChI=1S/C30H37N7O/c1-22-6-11-26(19-28(22)35-30-32-14-12-27(34-30)25-5-4-13-31-20-25)33-29(38-3)24-9-7-23(8-10-24)21-37-17-15-36(2)16-18-37/h4-14,19-20,29-30,33-35H,15-18,21H2,1-3H3. The van der Waals surface area contributed by atoms with Crippen LogP contribution in [-0.4, -0.2) is 67.6 Å². The number of nitrogens with one attached hydrogen (secondary N) is 3. The minimum Gasteiger partial charge on any atom is -0.357 e. The van der Waals surface area contributed by atoms with Crippen molar-refractivity contribution in [2.24, 2.45) is 4.99 Å². The van der Waals surface area contributed by atoms with E-state index in [0.717, 1.165) is 66.5 Å². The first-order valence-electron chi connectivity index (χ1n) is 13.1. The number of pyridine rings is 1. The molecule has 3 heterocycles. The molecule has 3 aromatic rings. The van der Waals surface area contributed by atoms with Crippen molar-refractivity contribution in [3.05, 3.63) is 95.3 Å². The number of piperazine rings is 1. The molecule has 2 aromatic carbocycles. The zero-order chi connectivity index (χ0) is 26.3. The van der Waals surface area contributed by atoms with E-state index in [0.29, 0.717) is 0 Å². The minimum atomic E-state index is -0.282. The van der Waals surface area contributed by atoms with Crippen LogP contribution in [0.2, 0.25) is 0 Å². The Morgan fingerprint density at radius 3 is 2.63 bits per heavy atom. The summed E-state index contributed by atoms with van der Waals surface area (Å²) in [4.78, 5) is 13.7. The molecule has 8 nitrogen and oxygen atoms in total. The number of aliphatic imine (C=N–C) groups is 1. The first-order chi connectivity index (χ1) is 18.6. The molecule has 0 saturated carbocycles. The summed E-state index contributed by atoms with van der Waals surface area (Å²) in [6, 6.07) is 19.0. The smallest absolute Gasteiger partial charge is 0.194 e. The van der Waals surface area contributed by atoms with Gasteiger partial charge in [0.15, 0.2) is 12.5 Å². The Hall–Kier alpha value is -3.72. The number of anilines is 2. The summed E-state index contributed by atoms with van der Waals surface area (Å²) in [5.74, 6) is 0. The van der Waals surface area contributed by atoms with Gasteiger partial charge in [0, 0.05) is 86.6 Å². The van der Waals surface area contributed by atoms with Gasteiger partial charge in [-0.2, -0.15) is 0 Å². The molecule has 0 bridgehead atoms. The normalized spacial score (nSPS) is 18.9. The number of ether oxygens (including phenoxy) is 1. The topological polar surface area (TPSA) is 77.0 Å². The first-order valence-corrected chi connectivity index (χ1v) is 13.1. The highest BCUT2D eigenvalue weighted by molar-refractivity contribution is 5.85. The van der Waals surface area contributed by atoms with E-state index in [2.05, 4.69) is 92.2 Å². The fourth-order valence-corrected chi connectivity index (χ4v) is 4.72. The van der Waals surface area contributed by atoms with Gasteiger partial charge in [0.2, 0.25) is 0 Å². The average molecular weight is 512 g/mol. The molecule has 8 heteroatoms. The molecule has 5 rings (SSSR count). The number of likely N-dealkylation sites (N-methyl/N-ethyl adjacent to an activating group) is 1. The number of benzene rings is 2. The van der Waals surface area contributed by atoms with Crippen molar-refractivity contribution in [3.63, 3.8) is 0 Å². The lowest BCUT2D eigenvalue weighted by molar-refractivity contribution is 0.127. The van der Waals surface area contributed by atoms with E-state index in [1.54, 1.807) is 13.3 Å². The number of rotatable bonds is 9. The molecule has 1 saturated heterocycles. The minimum absolute atomic E-state index is 0.255. The molecule has 0 amide bonds. The van der Waals surface area contributed by atoms with Gasteiger partial charge < -0.3 is 25.6 Å². The molecule has 2 aliphatic rings. The van der Waals surface area contributed by atoms with E-state index in [9.17, 15) is 0 Å². The van der Waals surface area contributed by atoms with E-state index < -0.39 is 0 Å². The van der Waals surface area contributed by atoms with Crippen molar-refractivity contribution in [1.29, 1.82) is 0 Å². The lowest BCUT2D eigenvalue weighted by Gasteiger charge is -2.32. The summed E-state index contributed by atoms with van der Waals surface area (Å²) in [7, 11) is 3.92. The highest BCUT2D eigenvalue weighted by Crippen LogP contribution is 2.26. The Kier molecular flexibility index (Phi) is 8.33. The van der Waals surface area contributed by atoms with Crippen molar-refractivity contribution in [3.8, 4) is 0 Å². The van der Waals surface area contributed by atoms with E-state index >= 15 is 0 Å². The fraction of sp³-hybridized carbons (Fsp3) is 0.333. The number of aromatic nitrogens is 1. The highest BCUT2D eigenvalue weighted by atomic mass is 16.5. The summed E-state index contributed by atoms with van der Waals surface area (Å²) in [6.45, 7) is 7.57. The summed E-state index contributed by atoms with van der Waals surface area (Å²) in [5, 5.41) is 10.5. The van der Waals surface area contributed by atoms with Gasteiger partial charge in [-0.25, -0.2) is 4.99 Å². The van der Waals surface area contributed by atoms with Gasteiger partial charge in [-0.3, -0.25) is 9.88 Å². The van der Waals surface area contributed by atoms with Crippen LogP contribution in [0.1, 0.15) is 28.5 Å². The second-order valence-electron chi connectivity index (χ2n) is 9.92. The second kappa shape index (κ2) is 12.2. The molecule has 3 N–H and O–H groups in total. The molecular weight excluding hydrogens is 474 g/mol. The predicted octanol–water partition coefficient (Wildman–Crippen LogP) is 4.31. The maximum absolute atomic E-state index is 5.83. The number of aryl methyl sites for hydroxylation is 1. The van der Waals surface area contributed by atoms with Crippen LogP contribution in [0.4, 0.5) is 11.4 Å². The van der Waals surface area contributed by atoms with Crippen LogP contribution >= 0.6 is 0 Å². The number of hydrogen-bond donors (Lipinski definition) is 3. The first kappa shape index (κ1) is 25.9. The van der Waals surface area contributed by atoms with E-state index in [4.69, 9.17) is 4.74 Å². The summed E-state index contributed by atoms with van der Waals surface area (Å²) in [6.07, 6.45) is 6.86. The van der Waals surface area contributed by atoms with Crippen LogP contribution in [0.3, 0.4) is 0 Å². The van der Waals surface area contributed by atoms with Gasteiger partial charge in [-0.1, -0.05) is 30.3 Å². The monoisotopic (exact) mass is 511 g/mol. The quantitative estimate of drug-likeness (QED) is 0.370. The van der Waals surface area contributed by atoms with Gasteiger partial charge in [0.05, 0.1) is 0 Å². The van der Waals surface area contributed by atoms with Gasteiger partial charge in [0.25, 0.3) is 0 Å². The van der Waals surface area contributed by atoms with Crippen LogP contribution in [0.15, 0.2) is 78.1 Å². The maximum atomic E-state index is 5.83. The fourth-order valence-electron chi connectivity index (χ4n) is 4.72. The summed E-state index contributed by atoms with van der Waals surface area (Å²) < 4.78 is 5.83. The number of methoxy groups -OCH3 is 1. The number of allylic oxidation sites excluding steroid dienone is 1. The van der Waals surface area contributed by atoms with Crippen molar-refractivity contribution >= 4 is 23.3 Å². The van der Waals surface area contributed by atoms with Crippen molar-refractivity contribution in [1.82, 2.24) is 20.1 Å². The molecule has 198 valence electrons. The number of hydrogen-bond acceptors (Lipinski definition) is 8. The molecule has 2 aliphatic heterocycles. The lowest BCUT2D eigenvalue weighted by atomic mass is 10.1. The van der Waals surface area contributed by atoms with Crippen LogP contribution < -0.4 is 16.0 Å². The largest absolute Gasteiger partial charge is 0.357 e. The Bertz CT molecular complexity index is 1250. The highest BCUT2D eigenvalue weighted by Gasteiger charge is 2.17. The van der Waals surface area contributed by atoms with Crippen molar-refractivity contribution in [2.75, 3.05) is 51.0 Å². The molecular formula is C30H37N7O. The molecule has 1 fully saturated rings. The lowest BCUT2D eigenvalue weighted by Crippen LogP contribution is -2.43. The average Bonchev–Trinajstić information content (AvgIpc) is 2.96. The van der Waals surface area contributed by atoms with Gasteiger partial charge in [0.1, 0.15) is 0 Å². The molecule has 0 radical (unpaired) electrons. The third kappa shape index (κ3) is 6.58. The van der Waals surface area contributed by atoms with Gasteiger partial charge in [-0.05, 0) is 55.4 Å². The Labute approximate surface area is 225 Å². The molecule has 1 aromatic heterocycles. The van der Waals surface area contributed by atoms with Gasteiger partial charge in [-0.15, -0.1) is 0 Å². The molecule has 0 spiro atoms.